The summed E-state index contributed by atoms with van der Waals surface area (Å²) in [5, 5.41) is 15.5. The van der Waals surface area contributed by atoms with Crippen molar-refractivity contribution in [1.29, 1.82) is 0 Å². The minimum atomic E-state index is 0.715. The second-order valence-corrected chi connectivity index (χ2v) is 44.2. The number of thiophene rings is 6. The van der Waals surface area contributed by atoms with E-state index >= 15 is 0 Å². The molecule has 0 aliphatic carbocycles. The molecule has 0 N–H and O–H groups in total. The Morgan fingerprint density at radius 2 is 0.327 bits per heavy atom. The third kappa shape index (κ3) is 16.9. The van der Waals surface area contributed by atoms with Crippen molar-refractivity contribution < 1.29 is 0 Å². The maximum atomic E-state index is 5.26. The van der Waals surface area contributed by atoms with Crippen LogP contribution in [0.5, 0.6) is 0 Å². The van der Waals surface area contributed by atoms with Gasteiger partial charge in [0.15, 0.2) is 17.5 Å². The Labute approximate surface area is 889 Å². The van der Waals surface area contributed by atoms with E-state index in [-0.39, 0.29) is 0 Å². The zero-order valence-corrected chi connectivity index (χ0v) is 85.5. The molecule has 12 heteroatoms. The second kappa shape index (κ2) is 38.5. The zero-order valence-electron chi connectivity index (χ0n) is 80.6. The van der Waals surface area contributed by atoms with Gasteiger partial charge in [-0.2, -0.15) is 0 Å². The highest BCUT2D eigenvalue weighted by molar-refractivity contribution is 7.28. The van der Waals surface area contributed by atoms with Gasteiger partial charge in [0.1, 0.15) is 0 Å². The van der Waals surface area contributed by atoms with E-state index < -0.39 is 0 Å². The van der Waals surface area contributed by atoms with Crippen LogP contribution in [0.2, 0.25) is 0 Å². The van der Waals surface area contributed by atoms with E-state index in [2.05, 4.69) is 504 Å². The first kappa shape index (κ1) is 89.8. The summed E-state index contributed by atoms with van der Waals surface area (Å²) in [6.45, 7) is 0. The van der Waals surface area contributed by atoms with Crippen molar-refractivity contribution in [3.05, 3.63) is 510 Å². The molecule has 150 heavy (non-hydrogen) atoms. The van der Waals surface area contributed by atoms with Crippen LogP contribution in [0.25, 0.3) is 290 Å². The van der Waals surface area contributed by atoms with Crippen LogP contribution in [0.1, 0.15) is 0 Å². The molecule has 6 nitrogen and oxygen atoms in total. The highest BCUT2D eigenvalue weighted by Crippen LogP contribution is 2.49. The maximum absolute atomic E-state index is 5.26. The Bertz CT molecular complexity index is 10400. The first-order valence-electron chi connectivity index (χ1n) is 50.2. The Kier molecular flexibility index (Phi) is 23.1. The molecule has 0 unspecified atom stereocenters. The standard InChI is InChI=1S/3C46H28N2S2/c1-2-10-29(11-3-1)30-20-26-33(27-21-30)46-47-38(28-39(48-46)35-15-9-19-43-45(35)37-13-5-7-17-41(37)50-43)32-24-22-31(23-25-32)34-14-8-18-42-44(34)36-12-4-6-16-40(36)49-42;1-2-9-29(10-3-1)30-17-21-32(22-18-30)39-28-40(34-25-26-37-36-11-4-6-14-41(36)50-44(37)27-34)48-46(47-39)33-23-19-31(20-24-33)35-13-8-16-43-45(35)38-12-5-7-15-42(38)49-43;1-2-9-29(10-3-1)30-17-21-32(22-18-30)39-28-40(48-46(47-39)34-25-26-43-38(27-34)36-11-4-6-14-41(36)49-43)33-23-19-31(20-24-33)35-13-8-16-44-45(35)37-12-5-7-15-42(37)50-44/h3*1-28H. The number of benzene rings is 21. The van der Waals surface area contributed by atoms with Crippen LogP contribution >= 0.6 is 68.0 Å². The van der Waals surface area contributed by atoms with Gasteiger partial charge in [0.2, 0.25) is 0 Å². The fourth-order valence-corrected chi connectivity index (χ4v) is 28.0. The average molecular weight is 2020 g/mol. The number of fused-ring (bicyclic) bond motifs is 18. The quantitative estimate of drug-likeness (QED) is 0.102. The largest absolute Gasteiger partial charge is 0.228 e. The molecule has 21 aromatic carbocycles. The molecule has 9 heterocycles. The van der Waals surface area contributed by atoms with Crippen LogP contribution in [-0.4, -0.2) is 29.9 Å². The first-order chi connectivity index (χ1) is 74.3. The van der Waals surface area contributed by atoms with Gasteiger partial charge < -0.3 is 0 Å². The van der Waals surface area contributed by atoms with Crippen molar-refractivity contribution in [3.8, 4) is 168 Å². The summed E-state index contributed by atoms with van der Waals surface area (Å²) in [5.41, 5.74) is 29.3. The van der Waals surface area contributed by atoms with E-state index in [4.69, 9.17) is 29.9 Å². The number of nitrogens with zero attached hydrogens (tertiary/aromatic N) is 6. The van der Waals surface area contributed by atoms with Gasteiger partial charge in [-0.25, -0.2) is 29.9 Å². The SMILES string of the molecule is c1ccc(-c2ccc(-c3cc(-c4ccc(-c5cccc6sc7ccccc7c56)cc4)nc(-c4ccc5sc6ccccc6c5c4)n3)cc2)cc1.c1ccc(-c2ccc(-c3cc(-c4ccc5c(c4)sc4ccccc45)nc(-c4ccc(-c5cccc6sc7ccccc7c56)cc4)n3)cc2)cc1.c1ccc(-c2ccc(-c3nc(-c4ccc(-c5cccc6sc7ccccc7c56)cc4)cc(-c4cccc5sc6ccccc6c45)n3)cc2)cc1. The Balaban J connectivity index is 0.000000108. The van der Waals surface area contributed by atoms with Gasteiger partial charge in [0.25, 0.3) is 0 Å². The molecular weight excluding hydrogens is 1930 g/mol. The summed E-state index contributed by atoms with van der Waals surface area (Å²) in [6.07, 6.45) is 0. The fraction of sp³-hybridized carbons (Fsp3) is 0. The summed E-state index contributed by atoms with van der Waals surface area (Å²) in [6, 6.07) is 182. The van der Waals surface area contributed by atoms with Crippen LogP contribution in [0.3, 0.4) is 0 Å². The van der Waals surface area contributed by atoms with Crippen LogP contribution < -0.4 is 0 Å². The minimum absolute atomic E-state index is 0.715. The molecule has 702 valence electrons. The lowest BCUT2D eigenvalue weighted by atomic mass is 9.97. The summed E-state index contributed by atoms with van der Waals surface area (Å²) in [5.74, 6) is 2.15. The third-order valence-corrected chi connectivity index (χ3v) is 35.5. The van der Waals surface area contributed by atoms with E-state index in [1.807, 2.05) is 74.1 Å². The summed E-state index contributed by atoms with van der Waals surface area (Å²) in [4.78, 5) is 31.3. The van der Waals surface area contributed by atoms with Crippen molar-refractivity contribution >= 4 is 189 Å². The molecule has 0 aliphatic heterocycles. The topological polar surface area (TPSA) is 77.3 Å². The van der Waals surface area contributed by atoms with Crippen LogP contribution in [0.15, 0.2) is 510 Å². The molecule has 30 rings (SSSR count). The highest BCUT2D eigenvalue weighted by atomic mass is 32.1. The van der Waals surface area contributed by atoms with Crippen molar-refractivity contribution in [2.24, 2.45) is 0 Å². The number of aromatic nitrogens is 6. The van der Waals surface area contributed by atoms with Crippen molar-refractivity contribution in [2.75, 3.05) is 0 Å². The molecule has 0 radical (unpaired) electrons. The third-order valence-electron chi connectivity index (χ3n) is 28.6. The number of rotatable bonds is 15. The van der Waals surface area contributed by atoms with Crippen molar-refractivity contribution in [1.82, 2.24) is 29.9 Å². The summed E-state index contributed by atoms with van der Waals surface area (Å²) < 4.78 is 15.5. The average Bonchev–Trinajstić information content (AvgIpc) is 1.57. The van der Waals surface area contributed by atoms with Crippen LogP contribution in [0, 0.1) is 0 Å². The van der Waals surface area contributed by atoms with E-state index in [0.29, 0.717) is 11.6 Å². The van der Waals surface area contributed by atoms with Crippen molar-refractivity contribution in [2.45, 2.75) is 0 Å². The molecule has 0 saturated heterocycles. The Morgan fingerprint density at radius 1 is 0.107 bits per heavy atom. The van der Waals surface area contributed by atoms with Crippen LogP contribution in [0.4, 0.5) is 0 Å². The van der Waals surface area contributed by atoms with Crippen LogP contribution in [-0.2, 0) is 0 Å². The van der Waals surface area contributed by atoms with Gasteiger partial charge >= 0.3 is 0 Å². The molecule has 0 spiro atoms. The lowest BCUT2D eigenvalue weighted by molar-refractivity contribution is 1.18. The number of hydrogen-bond acceptors (Lipinski definition) is 12. The lowest BCUT2D eigenvalue weighted by Crippen LogP contribution is -1.96. The summed E-state index contributed by atoms with van der Waals surface area (Å²) >= 11 is 11.0. The van der Waals surface area contributed by atoms with Gasteiger partial charge in [-0.3, -0.25) is 0 Å². The Hall–Kier alpha value is -17.8. The van der Waals surface area contributed by atoms with E-state index in [0.717, 1.165) is 90.1 Å². The first-order valence-corrected chi connectivity index (χ1v) is 55.1. The molecule has 0 aliphatic rings. The summed E-state index contributed by atoms with van der Waals surface area (Å²) in [7, 11) is 0. The molecule has 0 amide bonds. The zero-order chi connectivity index (χ0) is 99.1. The molecule has 0 bridgehead atoms. The predicted molar refractivity (Wildman–Crippen MR) is 645 cm³/mol. The predicted octanol–water partition coefficient (Wildman–Crippen LogP) is 40.6. The molecule has 0 fully saturated rings. The molecule has 0 atom stereocenters. The monoisotopic (exact) mass is 2020 g/mol. The molecule has 30 aromatic rings. The second-order valence-electron chi connectivity index (χ2n) is 37.7. The van der Waals surface area contributed by atoms with Gasteiger partial charge in [-0.1, -0.05) is 406 Å². The normalized spacial score (nSPS) is 11.6. The van der Waals surface area contributed by atoms with Gasteiger partial charge in [0.05, 0.1) is 34.2 Å². The van der Waals surface area contributed by atoms with E-state index in [9.17, 15) is 0 Å². The lowest BCUT2D eigenvalue weighted by Gasteiger charge is -2.12. The molecular formula is C138H84N6S6. The van der Waals surface area contributed by atoms with Gasteiger partial charge in [-0.15, -0.1) is 68.0 Å². The molecule has 0 saturated carbocycles. The van der Waals surface area contributed by atoms with Crippen molar-refractivity contribution in [3.63, 3.8) is 0 Å². The highest BCUT2D eigenvalue weighted by Gasteiger charge is 2.24. The Morgan fingerprint density at radius 3 is 0.693 bits per heavy atom. The maximum Gasteiger partial charge on any atom is 0.160 e. The van der Waals surface area contributed by atoms with Gasteiger partial charge in [-0.05, 0) is 170 Å². The number of hydrogen-bond donors (Lipinski definition) is 0. The minimum Gasteiger partial charge on any atom is -0.228 e. The van der Waals surface area contributed by atoms with Gasteiger partial charge in [0, 0.05) is 171 Å². The fourth-order valence-electron chi connectivity index (χ4n) is 21.2. The van der Waals surface area contributed by atoms with E-state index in [1.165, 1.54) is 188 Å². The smallest absolute Gasteiger partial charge is 0.160 e. The van der Waals surface area contributed by atoms with E-state index in [1.54, 1.807) is 0 Å². The molecule has 9 aromatic heterocycles.